The van der Waals surface area contributed by atoms with Crippen LogP contribution in [0.2, 0.25) is 5.02 Å². The monoisotopic (exact) mass is 515 g/mol. The van der Waals surface area contributed by atoms with Crippen LogP contribution in [-0.4, -0.2) is 63.9 Å². The largest absolute Gasteiger partial charge is 0.478 e. The molecule has 1 aromatic heterocycles. The lowest BCUT2D eigenvalue weighted by molar-refractivity contribution is -0.149. The van der Waals surface area contributed by atoms with Crippen molar-refractivity contribution in [3.63, 3.8) is 0 Å². The Kier molecular flexibility index (Phi) is 7.37. The molecule has 0 unspecified atom stereocenters. The van der Waals surface area contributed by atoms with Gasteiger partial charge in [0.2, 0.25) is 11.8 Å². The van der Waals surface area contributed by atoms with Crippen LogP contribution >= 0.6 is 11.6 Å². The molecule has 2 N–H and O–H groups in total. The number of ketones is 1. The third-order valence-electron chi connectivity index (χ3n) is 6.05. The minimum atomic E-state index is -1.14. The Morgan fingerprint density at radius 2 is 2.00 bits per heavy atom. The van der Waals surface area contributed by atoms with Crippen LogP contribution in [0.4, 0.5) is 4.39 Å². The number of hydrogen-bond acceptors (Lipinski definition) is 5. The maximum Gasteiger partial charge on any atom is 0.335 e. The van der Waals surface area contributed by atoms with Crippen molar-refractivity contribution in [2.75, 3.05) is 19.8 Å². The van der Waals surface area contributed by atoms with Gasteiger partial charge in [0.05, 0.1) is 29.3 Å². The van der Waals surface area contributed by atoms with E-state index in [1.54, 1.807) is 6.07 Å². The van der Waals surface area contributed by atoms with Crippen molar-refractivity contribution < 1.29 is 33.4 Å². The maximum absolute atomic E-state index is 14.2. The van der Waals surface area contributed by atoms with Crippen LogP contribution in [-0.2, 0) is 27.4 Å². The summed E-state index contributed by atoms with van der Waals surface area (Å²) in [5.41, 5.74) is 0.991. The molecule has 0 spiro atoms. The summed E-state index contributed by atoms with van der Waals surface area (Å²) in [7, 11) is 0. The smallest absolute Gasteiger partial charge is 0.335 e. The summed E-state index contributed by atoms with van der Waals surface area (Å²) in [6, 6.07) is 7.86. The van der Waals surface area contributed by atoms with Crippen molar-refractivity contribution in [2.24, 2.45) is 0 Å². The van der Waals surface area contributed by atoms with E-state index in [9.17, 15) is 28.7 Å². The van der Waals surface area contributed by atoms with Gasteiger partial charge < -0.3 is 24.6 Å². The van der Waals surface area contributed by atoms with Crippen LogP contribution in [0.1, 0.15) is 33.2 Å². The highest BCUT2D eigenvalue weighted by molar-refractivity contribution is 6.30. The third kappa shape index (κ3) is 5.09. The number of nitrogens with one attached hydrogen (secondary N) is 1. The Labute approximate surface area is 210 Å². The van der Waals surface area contributed by atoms with Gasteiger partial charge in [0.15, 0.2) is 5.78 Å². The zero-order chi connectivity index (χ0) is 26.0. The molecule has 0 bridgehead atoms. The predicted molar refractivity (Wildman–Crippen MR) is 128 cm³/mol. The molecule has 1 aliphatic rings. The number of rotatable bonds is 7. The van der Waals surface area contributed by atoms with Crippen molar-refractivity contribution in [1.82, 2.24) is 14.8 Å². The number of ether oxygens (including phenoxy) is 1. The number of carbonyl (C=O) groups is 4. The fraction of sp³-hybridized carbons (Fsp3) is 0.280. The number of Topliss-reactive ketones (excluding diaryl/α,β-unsaturated/α-hetero) is 1. The first kappa shape index (κ1) is 25.3. The molecule has 2 aromatic carbocycles. The number of fused-ring (bicyclic) bond motifs is 1. The van der Waals surface area contributed by atoms with Crippen LogP contribution < -0.4 is 5.32 Å². The zero-order valence-corrected chi connectivity index (χ0v) is 20.0. The van der Waals surface area contributed by atoms with E-state index in [2.05, 4.69) is 5.32 Å². The van der Waals surface area contributed by atoms with Crippen LogP contribution in [0.15, 0.2) is 42.6 Å². The third-order valence-corrected chi connectivity index (χ3v) is 6.34. The number of aromatic nitrogens is 1. The molecule has 11 heteroatoms. The van der Waals surface area contributed by atoms with Crippen molar-refractivity contribution in [2.45, 2.75) is 26.1 Å². The Balaban J connectivity index is 1.55. The fourth-order valence-electron chi connectivity index (χ4n) is 4.18. The molecule has 1 saturated heterocycles. The van der Waals surface area contributed by atoms with Crippen LogP contribution in [0.25, 0.3) is 10.9 Å². The summed E-state index contributed by atoms with van der Waals surface area (Å²) in [6.07, 6.45) is 1.51. The highest BCUT2D eigenvalue weighted by atomic mass is 35.5. The molecule has 1 fully saturated rings. The molecule has 0 saturated carbocycles. The number of aromatic carboxylic acids is 1. The highest BCUT2D eigenvalue weighted by Gasteiger charge is 2.33. The standard InChI is InChI=1S/C25H23ClFN3O6/c1-14(31)18-11-29(20-9-15(25(34)35)5-6-17(18)20)12-22(32)30-7-8-36-13-21(30)24(33)28-10-16-3-2-4-19(26)23(16)27/h2-6,9,11,21H,7-8,10,12-13H2,1H3,(H,28,33)(H,34,35)/t21-/m0/s1. The summed E-state index contributed by atoms with van der Waals surface area (Å²) in [5.74, 6) is -2.93. The predicted octanol–water partition coefficient (Wildman–Crippen LogP) is 2.88. The van der Waals surface area contributed by atoms with E-state index in [1.807, 2.05) is 0 Å². The SMILES string of the molecule is CC(=O)c1cn(CC(=O)N2CCOC[C@H]2C(=O)NCc2cccc(Cl)c2F)c2cc(C(=O)O)ccc12. The van der Waals surface area contributed by atoms with Crippen LogP contribution in [0.3, 0.4) is 0 Å². The van der Waals surface area contributed by atoms with E-state index >= 15 is 0 Å². The lowest BCUT2D eigenvalue weighted by atomic mass is 10.1. The van der Waals surface area contributed by atoms with Crippen molar-refractivity contribution >= 4 is 46.1 Å². The summed E-state index contributed by atoms with van der Waals surface area (Å²) in [4.78, 5) is 51.1. The van der Waals surface area contributed by atoms with E-state index in [4.69, 9.17) is 16.3 Å². The van der Waals surface area contributed by atoms with Gasteiger partial charge >= 0.3 is 5.97 Å². The van der Waals surface area contributed by atoms with Gasteiger partial charge in [-0.3, -0.25) is 14.4 Å². The molecule has 9 nitrogen and oxygen atoms in total. The molecule has 2 heterocycles. The van der Waals surface area contributed by atoms with Gasteiger partial charge in [0, 0.05) is 35.8 Å². The summed E-state index contributed by atoms with van der Waals surface area (Å²) < 4.78 is 21.1. The lowest BCUT2D eigenvalue weighted by Gasteiger charge is -2.34. The fourth-order valence-corrected chi connectivity index (χ4v) is 4.37. The number of carboxylic acids is 1. The second kappa shape index (κ2) is 10.5. The van der Waals surface area contributed by atoms with Crippen LogP contribution in [0.5, 0.6) is 0 Å². The topological polar surface area (TPSA) is 118 Å². The molecule has 3 aromatic rings. The van der Waals surface area contributed by atoms with Gasteiger partial charge in [-0.15, -0.1) is 0 Å². The molecule has 4 rings (SSSR count). The number of benzene rings is 2. The number of halogens is 2. The quantitative estimate of drug-likeness (QED) is 0.467. The average Bonchev–Trinajstić information content (AvgIpc) is 3.22. The van der Waals surface area contributed by atoms with E-state index < -0.39 is 29.6 Å². The first-order valence-corrected chi connectivity index (χ1v) is 11.5. The minimum Gasteiger partial charge on any atom is -0.478 e. The second-order valence-corrected chi connectivity index (χ2v) is 8.78. The summed E-state index contributed by atoms with van der Waals surface area (Å²) in [5, 5.41) is 12.5. The van der Waals surface area contributed by atoms with E-state index in [-0.39, 0.29) is 54.8 Å². The molecule has 0 radical (unpaired) electrons. The number of morpholine rings is 1. The second-order valence-electron chi connectivity index (χ2n) is 8.37. The van der Waals surface area contributed by atoms with Gasteiger partial charge in [-0.2, -0.15) is 0 Å². The molecule has 188 valence electrons. The lowest BCUT2D eigenvalue weighted by Crippen LogP contribution is -2.56. The zero-order valence-electron chi connectivity index (χ0n) is 19.3. The molecule has 0 aliphatic carbocycles. The van der Waals surface area contributed by atoms with E-state index in [0.717, 1.165) is 0 Å². The van der Waals surface area contributed by atoms with Gasteiger partial charge in [-0.1, -0.05) is 29.8 Å². The molecular formula is C25H23ClFN3O6. The molecular weight excluding hydrogens is 493 g/mol. The van der Waals surface area contributed by atoms with Gasteiger partial charge in [-0.25, -0.2) is 9.18 Å². The molecule has 2 amide bonds. The maximum atomic E-state index is 14.2. The minimum absolute atomic E-state index is 0.0151. The average molecular weight is 516 g/mol. The van der Waals surface area contributed by atoms with Gasteiger partial charge in [0.25, 0.3) is 0 Å². The first-order valence-electron chi connectivity index (χ1n) is 11.1. The number of hydrogen-bond donors (Lipinski definition) is 2. The first-order chi connectivity index (χ1) is 17.2. The summed E-state index contributed by atoms with van der Waals surface area (Å²) >= 11 is 5.79. The van der Waals surface area contributed by atoms with Gasteiger partial charge in [-0.05, 0) is 25.1 Å². The molecule has 1 aliphatic heterocycles. The van der Waals surface area contributed by atoms with Crippen molar-refractivity contribution in [3.8, 4) is 0 Å². The van der Waals surface area contributed by atoms with Gasteiger partial charge in [0.1, 0.15) is 18.4 Å². The Hall–Kier alpha value is -3.76. The molecule has 36 heavy (non-hydrogen) atoms. The number of nitrogens with zero attached hydrogens (tertiary/aromatic N) is 2. The highest BCUT2D eigenvalue weighted by Crippen LogP contribution is 2.24. The normalized spacial score (nSPS) is 15.6. The van der Waals surface area contributed by atoms with Crippen molar-refractivity contribution in [1.29, 1.82) is 0 Å². The Bertz CT molecular complexity index is 1370. The summed E-state index contributed by atoms with van der Waals surface area (Å²) in [6.45, 7) is 1.39. The van der Waals surface area contributed by atoms with E-state index in [0.29, 0.717) is 16.5 Å². The Morgan fingerprint density at radius 1 is 1.22 bits per heavy atom. The number of amides is 2. The van der Waals surface area contributed by atoms with Crippen molar-refractivity contribution in [3.05, 3.63) is 70.1 Å². The number of carboxylic acid groups (broad SMARTS) is 1. The Morgan fingerprint density at radius 3 is 2.72 bits per heavy atom. The van der Waals surface area contributed by atoms with Crippen LogP contribution in [0, 0.1) is 5.82 Å². The van der Waals surface area contributed by atoms with E-state index in [1.165, 1.54) is 52.9 Å². The number of carbonyl (C=O) groups excluding carboxylic acids is 3. The molecule has 1 atom stereocenters.